The van der Waals surface area contributed by atoms with Gasteiger partial charge in [0.25, 0.3) is 0 Å². The second kappa shape index (κ2) is 6.19. The maximum absolute atomic E-state index is 10.4. The first kappa shape index (κ1) is 13.3. The van der Waals surface area contributed by atoms with Gasteiger partial charge in [0.2, 0.25) is 0 Å². The molecule has 2 nitrogen and oxygen atoms in total. The first-order valence-electron chi connectivity index (χ1n) is 6.54. The number of benzene rings is 2. The van der Waals surface area contributed by atoms with Crippen LogP contribution < -0.4 is 0 Å². The van der Waals surface area contributed by atoms with E-state index in [4.69, 9.17) is 5.11 Å². The molecule has 0 fully saturated rings. The van der Waals surface area contributed by atoms with Crippen molar-refractivity contribution < 1.29 is 9.90 Å². The summed E-state index contributed by atoms with van der Waals surface area (Å²) in [5.41, 5.74) is 2.43. The smallest absolute Gasteiger partial charge is 0.303 e. The van der Waals surface area contributed by atoms with Gasteiger partial charge in [-0.15, -0.1) is 0 Å². The Morgan fingerprint density at radius 3 is 2.68 bits per heavy atom. The topological polar surface area (TPSA) is 37.3 Å². The molecule has 2 rings (SSSR count). The number of carboxylic acids is 1. The van der Waals surface area contributed by atoms with Crippen molar-refractivity contribution in [1.29, 1.82) is 0 Å². The monoisotopic (exact) mass is 254 g/mol. The van der Waals surface area contributed by atoms with Crippen molar-refractivity contribution in [2.45, 2.75) is 26.2 Å². The predicted octanol–water partition coefficient (Wildman–Crippen LogP) is 4.42. The Kier molecular flexibility index (Phi) is 4.35. The highest BCUT2D eigenvalue weighted by molar-refractivity contribution is 5.85. The van der Waals surface area contributed by atoms with Crippen LogP contribution in [0.15, 0.2) is 42.5 Å². The van der Waals surface area contributed by atoms with Crippen LogP contribution in [0.3, 0.4) is 0 Å². The number of unbranched alkanes of at least 4 members (excludes halogenated alkanes) is 1. The van der Waals surface area contributed by atoms with Crippen molar-refractivity contribution >= 4 is 22.8 Å². The number of allylic oxidation sites excluding steroid dienone is 1. The second-order valence-electron chi connectivity index (χ2n) is 4.80. The number of rotatable bonds is 5. The summed E-state index contributed by atoms with van der Waals surface area (Å²) in [6.45, 7) is 2.09. The van der Waals surface area contributed by atoms with Crippen LogP contribution in [0.1, 0.15) is 30.4 Å². The molecule has 98 valence electrons. The molecule has 0 saturated heterocycles. The molecule has 2 aromatic carbocycles. The average molecular weight is 254 g/mol. The maximum Gasteiger partial charge on any atom is 0.303 e. The van der Waals surface area contributed by atoms with Crippen molar-refractivity contribution in [3.63, 3.8) is 0 Å². The van der Waals surface area contributed by atoms with Crippen LogP contribution in [-0.2, 0) is 4.79 Å². The molecule has 0 aliphatic heterocycles. The van der Waals surface area contributed by atoms with E-state index in [1.807, 2.05) is 6.08 Å². The fraction of sp³-hybridized carbons (Fsp3) is 0.235. The van der Waals surface area contributed by atoms with Crippen molar-refractivity contribution in [3.05, 3.63) is 53.6 Å². The maximum atomic E-state index is 10.4. The summed E-state index contributed by atoms with van der Waals surface area (Å²) in [6, 6.07) is 12.8. The van der Waals surface area contributed by atoms with Gasteiger partial charge >= 0.3 is 5.97 Å². The van der Waals surface area contributed by atoms with E-state index in [0.717, 1.165) is 12.0 Å². The number of hydrogen-bond donors (Lipinski definition) is 1. The Morgan fingerprint density at radius 1 is 1.16 bits per heavy atom. The molecule has 0 bridgehead atoms. The van der Waals surface area contributed by atoms with Crippen molar-refractivity contribution in [3.8, 4) is 0 Å². The quantitative estimate of drug-likeness (QED) is 0.802. The zero-order valence-corrected chi connectivity index (χ0v) is 11.1. The van der Waals surface area contributed by atoms with Gasteiger partial charge in [0.05, 0.1) is 0 Å². The van der Waals surface area contributed by atoms with Crippen LogP contribution in [0.25, 0.3) is 16.8 Å². The van der Waals surface area contributed by atoms with Gasteiger partial charge in [-0.05, 0) is 42.2 Å². The summed E-state index contributed by atoms with van der Waals surface area (Å²) >= 11 is 0. The van der Waals surface area contributed by atoms with Gasteiger partial charge in [0.15, 0.2) is 0 Å². The van der Waals surface area contributed by atoms with E-state index in [9.17, 15) is 4.79 Å². The highest BCUT2D eigenvalue weighted by atomic mass is 16.4. The Hall–Kier alpha value is -2.09. The molecule has 2 aromatic rings. The Balaban J connectivity index is 2.03. The van der Waals surface area contributed by atoms with E-state index < -0.39 is 5.97 Å². The van der Waals surface area contributed by atoms with Crippen LogP contribution in [0.5, 0.6) is 0 Å². The van der Waals surface area contributed by atoms with Gasteiger partial charge in [-0.3, -0.25) is 4.79 Å². The summed E-state index contributed by atoms with van der Waals surface area (Å²) in [6.07, 6.45) is 5.83. The molecule has 0 radical (unpaired) electrons. The number of aliphatic carboxylic acids is 1. The number of carboxylic acid groups (broad SMARTS) is 1. The van der Waals surface area contributed by atoms with Crippen molar-refractivity contribution in [2.75, 3.05) is 0 Å². The molecule has 0 unspecified atom stereocenters. The summed E-state index contributed by atoms with van der Waals surface area (Å²) in [7, 11) is 0. The third kappa shape index (κ3) is 3.95. The first-order chi connectivity index (χ1) is 9.15. The third-order valence-electron chi connectivity index (χ3n) is 3.09. The minimum absolute atomic E-state index is 0.237. The van der Waals surface area contributed by atoms with Crippen LogP contribution in [0.2, 0.25) is 0 Å². The Morgan fingerprint density at radius 2 is 1.89 bits per heavy atom. The molecule has 0 heterocycles. The molecule has 0 aliphatic rings. The zero-order chi connectivity index (χ0) is 13.7. The van der Waals surface area contributed by atoms with Gasteiger partial charge in [-0.2, -0.15) is 0 Å². The minimum Gasteiger partial charge on any atom is -0.481 e. The Bertz CT molecular complexity index is 612. The lowest BCUT2D eigenvalue weighted by Gasteiger charge is -2.01. The predicted molar refractivity (Wildman–Crippen MR) is 79.2 cm³/mol. The van der Waals surface area contributed by atoms with Gasteiger partial charge < -0.3 is 5.11 Å². The summed E-state index contributed by atoms with van der Waals surface area (Å²) in [4.78, 5) is 10.4. The van der Waals surface area contributed by atoms with E-state index in [1.54, 1.807) is 0 Å². The molecular formula is C17H18O2. The lowest BCUT2D eigenvalue weighted by atomic mass is 10.0. The highest BCUT2D eigenvalue weighted by Gasteiger charge is 1.96. The number of aryl methyl sites for hydroxylation is 1. The molecule has 0 amide bonds. The largest absolute Gasteiger partial charge is 0.481 e. The number of fused-ring (bicyclic) bond motifs is 1. The highest BCUT2D eigenvalue weighted by Crippen LogP contribution is 2.18. The van der Waals surface area contributed by atoms with Crippen LogP contribution in [-0.4, -0.2) is 11.1 Å². The van der Waals surface area contributed by atoms with Crippen LogP contribution in [0, 0.1) is 6.92 Å². The van der Waals surface area contributed by atoms with Crippen LogP contribution in [0.4, 0.5) is 0 Å². The van der Waals surface area contributed by atoms with E-state index >= 15 is 0 Å². The number of carbonyl (C=O) groups is 1. The second-order valence-corrected chi connectivity index (χ2v) is 4.80. The zero-order valence-electron chi connectivity index (χ0n) is 11.1. The van der Waals surface area contributed by atoms with E-state index in [0.29, 0.717) is 6.42 Å². The molecule has 0 aliphatic carbocycles. The summed E-state index contributed by atoms with van der Waals surface area (Å²) in [5, 5.41) is 11.0. The molecule has 0 saturated carbocycles. The normalized spacial score (nSPS) is 11.2. The third-order valence-corrected chi connectivity index (χ3v) is 3.09. The van der Waals surface area contributed by atoms with Gasteiger partial charge in [-0.1, -0.05) is 48.0 Å². The summed E-state index contributed by atoms with van der Waals surface area (Å²) < 4.78 is 0. The lowest BCUT2D eigenvalue weighted by molar-refractivity contribution is -0.137. The molecular weight excluding hydrogens is 236 g/mol. The minimum atomic E-state index is -0.727. The average Bonchev–Trinajstić information content (AvgIpc) is 2.38. The molecule has 19 heavy (non-hydrogen) atoms. The lowest BCUT2D eigenvalue weighted by Crippen LogP contribution is -1.92. The fourth-order valence-electron chi connectivity index (χ4n) is 2.08. The Labute approximate surface area is 113 Å². The van der Waals surface area contributed by atoms with Gasteiger partial charge in [0.1, 0.15) is 0 Å². The molecule has 2 heteroatoms. The molecule has 0 spiro atoms. The van der Waals surface area contributed by atoms with Crippen molar-refractivity contribution in [1.82, 2.24) is 0 Å². The van der Waals surface area contributed by atoms with Crippen LogP contribution >= 0.6 is 0 Å². The van der Waals surface area contributed by atoms with E-state index in [2.05, 4.69) is 49.4 Å². The molecule has 0 atom stereocenters. The summed E-state index contributed by atoms with van der Waals surface area (Å²) in [5.74, 6) is -0.727. The SMILES string of the molecule is Cc1ccc2cc(C=CCCCC(=O)O)ccc2c1. The van der Waals surface area contributed by atoms with Gasteiger partial charge in [0, 0.05) is 6.42 Å². The molecule has 1 N–H and O–H groups in total. The standard InChI is InChI=1S/C17H18O2/c1-13-7-9-16-12-14(8-10-15(16)11-13)5-3-2-4-6-17(18)19/h3,5,7-12H,2,4,6H2,1H3,(H,18,19). The van der Waals surface area contributed by atoms with Crippen molar-refractivity contribution in [2.24, 2.45) is 0 Å². The number of hydrogen-bond acceptors (Lipinski definition) is 1. The van der Waals surface area contributed by atoms with E-state index in [1.165, 1.54) is 16.3 Å². The first-order valence-corrected chi connectivity index (χ1v) is 6.54. The van der Waals surface area contributed by atoms with E-state index in [-0.39, 0.29) is 6.42 Å². The fourth-order valence-corrected chi connectivity index (χ4v) is 2.08. The van der Waals surface area contributed by atoms with Gasteiger partial charge in [-0.25, -0.2) is 0 Å². The molecule has 0 aromatic heterocycles.